The Kier molecular flexibility index (Phi) is 3.13. The second kappa shape index (κ2) is 4.40. The van der Waals surface area contributed by atoms with Crippen LogP contribution in [0.15, 0.2) is 30.3 Å². The van der Waals surface area contributed by atoms with Crippen molar-refractivity contribution in [3.8, 4) is 11.1 Å². The number of rotatable bonds is 1. The summed E-state index contributed by atoms with van der Waals surface area (Å²) in [7, 11) is 0. The molecule has 0 bridgehead atoms. The van der Waals surface area contributed by atoms with E-state index in [-0.39, 0.29) is 10.6 Å². The minimum Gasteiger partial charge on any atom is -0.206 e. The van der Waals surface area contributed by atoms with Crippen LogP contribution in [0.4, 0.5) is 8.78 Å². The third kappa shape index (κ3) is 2.18. The molecule has 0 nitrogen and oxygen atoms in total. The fourth-order valence-electron chi connectivity index (χ4n) is 1.36. The van der Waals surface area contributed by atoms with E-state index in [1.165, 1.54) is 24.3 Å². The molecule has 81 valence electrons. The minimum atomic E-state index is -0.580. The van der Waals surface area contributed by atoms with Crippen molar-refractivity contribution in [1.29, 1.82) is 0 Å². The molecule has 0 N–H and O–H groups in total. The zero-order valence-electron chi connectivity index (χ0n) is 7.90. The largest absolute Gasteiger partial charge is 0.206 e. The second-order valence-corrected chi connectivity index (χ2v) is 3.97. The van der Waals surface area contributed by atoms with Gasteiger partial charge in [-0.05, 0) is 30.3 Å². The van der Waals surface area contributed by atoms with Crippen molar-refractivity contribution < 1.29 is 8.78 Å². The normalized spacial score (nSPS) is 10.5. The Morgan fingerprint density at radius 2 is 1.62 bits per heavy atom. The van der Waals surface area contributed by atoms with Crippen LogP contribution >= 0.6 is 23.2 Å². The van der Waals surface area contributed by atoms with E-state index in [0.29, 0.717) is 10.6 Å². The van der Waals surface area contributed by atoms with Gasteiger partial charge in [-0.15, -0.1) is 0 Å². The van der Waals surface area contributed by atoms with Crippen LogP contribution in [0.5, 0.6) is 0 Å². The SMILES string of the molecule is Fc1[c]c(Cl)c(-c2ccc(Cl)cc2F)cc1. The summed E-state index contributed by atoms with van der Waals surface area (Å²) in [6.45, 7) is 0. The smallest absolute Gasteiger partial charge is 0.132 e. The highest BCUT2D eigenvalue weighted by Crippen LogP contribution is 2.31. The zero-order chi connectivity index (χ0) is 11.7. The lowest BCUT2D eigenvalue weighted by atomic mass is 10.1. The lowest BCUT2D eigenvalue weighted by molar-refractivity contribution is 0.624. The first-order chi connectivity index (χ1) is 7.58. The van der Waals surface area contributed by atoms with E-state index in [1.54, 1.807) is 6.07 Å². The molecule has 0 fully saturated rings. The Balaban J connectivity index is 2.59. The Hall–Kier alpha value is -1.12. The summed E-state index contributed by atoms with van der Waals surface area (Å²) in [4.78, 5) is 0. The van der Waals surface area contributed by atoms with Gasteiger partial charge in [0.15, 0.2) is 0 Å². The highest BCUT2D eigenvalue weighted by Gasteiger charge is 2.10. The van der Waals surface area contributed by atoms with Crippen molar-refractivity contribution in [2.75, 3.05) is 0 Å². The van der Waals surface area contributed by atoms with E-state index in [4.69, 9.17) is 23.2 Å². The topological polar surface area (TPSA) is 0 Å². The van der Waals surface area contributed by atoms with Crippen molar-refractivity contribution in [3.05, 3.63) is 58.1 Å². The van der Waals surface area contributed by atoms with Gasteiger partial charge in [0.1, 0.15) is 11.6 Å². The van der Waals surface area contributed by atoms with Gasteiger partial charge >= 0.3 is 0 Å². The third-order valence-corrected chi connectivity index (χ3v) is 2.62. The fourth-order valence-corrected chi connectivity index (χ4v) is 1.77. The maximum absolute atomic E-state index is 13.6. The van der Waals surface area contributed by atoms with Crippen LogP contribution in [0.3, 0.4) is 0 Å². The van der Waals surface area contributed by atoms with Gasteiger partial charge in [-0.25, -0.2) is 8.78 Å². The van der Waals surface area contributed by atoms with Crippen molar-refractivity contribution in [1.82, 2.24) is 0 Å². The molecular weight excluding hydrogens is 253 g/mol. The number of hydrogen-bond donors (Lipinski definition) is 0. The van der Waals surface area contributed by atoms with Gasteiger partial charge in [0.2, 0.25) is 0 Å². The summed E-state index contributed by atoms with van der Waals surface area (Å²) in [6.07, 6.45) is 0. The first kappa shape index (κ1) is 11.4. The van der Waals surface area contributed by atoms with Crippen molar-refractivity contribution in [2.24, 2.45) is 0 Å². The summed E-state index contributed by atoms with van der Waals surface area (Å²) in [5, 5.41) is 0.338. The molecule has 1 radical (unpaired) electrons. The molecule has 0 aliphatic carbocycles. The maximum atomic E-state index is 13.6. The first-order valence-electron chi connectivity index (χ1n) is 4.40. The molecule has 0 heterocycles. The average Bonchev–Trinajstić information content (AvgIpc) is 2.19. The molecule has 0 amide bonds. The molecule has 0 spiro atoms. The summed E-state index contributed by atoms with van der Waals surface area (Å²) in [5.41, 5.74) is 0.655. The Morgan fingerprint density at radius 1 is 0.938 bits per heavy atom. The molecule has 16 heavy (non-hydrogen) atoms. The van der Waals surface area contributed by atoms with Gasteiger partial charge in [0.25, 0.3) is 0 Å². The quantitative estimate of drug-likeness (QED) is 0.693. The van der Waals surface area contributed by atoms with Gasteiger partial charge in [-0.1, -0.05) is 23.2 Å². The summed E-state index contributed by atoms with van der Waals surface area (Å²) in [5.74, 6) is -1.09. The highest BCUT2D eigenvalue weighted by molar-refractivity contribution is 6.33. The fraction of sp³-hybridized carbons (Fsp3) is 0. The lowest BCUT2D eigenvalue weighted by Gasteiger charge is -2.05. The first-order valence-corrected chi connectivity index (χ1v) is 5.16. The van der Waals surface area contributed by atoms with E-state index < -0.39 is 11.6 Å². The van der Waals surface area contributed by atoms with Gasteiger partial charge in [0, 0.05) is 22.2 Å². The molecule has 0 aliphatic rings. The lowest BCUT2D eigenvalue weighted by Crippen LogP contribution is -1.86. The number of hydrogen-bond acceptors (Lipinski definition) is 0. The predicted octanol–water partition coefficient (Wildman–Crippen LogP) is 4.74. The molecule has 0 unspecified atom stereocenters. The molecule has 0 saturated carbocycles. The number of benzene rings is 2. The maximum Gasteiger partial charge on any atom is 0.132 e. The van der Waals surface area contributed by atoms with Crippen molar-refractivity contribution >= 4 is 23.2 Å². The second-order valence-electron chi connectivity index (χ2n) is 3.16. The summed E-state index contributed by atoms with van der Waals surface area (Å²) in [6, 6.07) is 9.07. The minimum absolute atomic E-state index is 0.0428. The van der Waals surface area contributed by atoms with Crippen molar-refractivity contribution in [3.63, 3.8) is 0 Å². The van der Waals surface area contributed by atoms with Crippen LogP contribution in [0.25, 0.3) is 11.1 Å². The van der Waals surface area contributed by atoms with E-state index >= 15 is 0 Å². The van der Waals surface area contributed by atoms with Crippen LogP contribution in [0.2, 0.25) is 10.0 Å². The predicted molar refractivity (Wildman–Crippen MR) is 60.7 cm³/mol. The highest BCUT2D eigenvalue weighted by atomic mass is 35.5. The van der Waals surface area contributed by atoms with E-state index in [9.17, 15) is 8.78 Å². The molecule has 2 rings (SSSR count). The average molecular weight is 258 g/mol. The van der Waals surface area contributed by atoms with Gasteiger partial charge in [-0.3, -0.25) is 0 Å². The zero-order valence-corrected chi connectivity index (χ0v) is 9.41. The van der Waals surface area contributed by atoms with Crippen LogP contribution in [0, 0.1) is 17.7 Å². The third-order valence-electron chi connectivity index (χ3n) is 2.08. The number of halogens is 4. The van der Waals surface area contributed by atoms with Crippen LogP contribution < -0.4 is 0 Å². The monoisotopic (exact) mass is 257 g/mol. The molecule has 2 aromatic carbocycles. The molecule has 0 aliphatic heterocycles. The molecular formula is C12H5Cl2F2. The summed E-state index contributed by atoms with van der Waals surface area (Å²) < 4.78 is 26.3. The van der Waals surface area contributed by atoms with Crippen LogP contribution in [-0.2, 0) is 0 Å². The standard InChI is InChI=1S/C12H5Cl2F2/c13-7-1-3-10(12(16)5-7)9-4-2-8(15)6-11(9)14/h1-5H. The Bertz CT molecular complexity index is 489. The van der Waals surface area contributed by atoms with Gasteiger partial charge in [-0.2, -0.15) is 0 Å². The Labute approximate surface area is 101 Å². The molecule has 4 heteroatoms. The van der Waals surface area contributed by atoms with Crippen molar-refractivity contribution in [2.45, 2.75) is 0 Å². The molecule has 0 aromatic heterocycles. The summed E-state index contributed by atoms with van der Waals surface area (Å²) >= 11 is 11.4. The van der Waals surface area contributed by atoms with E-state index in [2.05, 4.69) is 6.07 Å². The van der Waals surface area contributed by atoms with Gasteiger partial charge < -0.3 is 0 Å². The van der Waals surface area contributed by atoms with Crippen LogP contribution in [0.1, 0.15) is 0 Å². The Morgan fingerprint density at radius 3 is 2.25 bits per heavy atom. The van der Waals surface area contributed by atoms with Crippen LogP contribution in [-0.4, -0.2) is 0 Å². The van der Waals surface area contributed by atoms with Gasteiger partial charge in [0.05, 0.1) is 5.02 Å². The van der Waals surface area contributed by atoms with E-state index in [0.717, 1.165) is 0 Å². The molecule has 2 aromatic rings. The molecule has 0 atom stereocenters. The molecule has 0 saturated heterocycles. The van der Waals surface area contributed by atoms with E-state index in [1.807, 2.05) is 0 Å².